The van der Waals surface area contributed by atoms with Gasteiger partial charge >= 0.3 is 0 Å². The quantitative estimate of drug-likeness (QED) is 0.765. The summed E-state index contributed by atoms with van der Waals surface area (Å²) in [6.07, 6.45) is 5.50. The van der Waals surface area contributed by atoms with Crippen LogP contribution >= 0.6 is 0 Å². The van der Waals surface area contributed by atoms with Crippen LogP contribution in [0.15, 0.2) is 0 Å². The van der Waals surface area contributed by atoms with Crippen LogP contribution in [0.4, 0.5) is 0 Å². The average molecular weight is 210 g/mol. The van der Waals surface area contributed by atoms with E-state index in [1.165, 1.54) is 38.8 Å². The summed E-state index contributed by atoms with van der Waals surface area (Å²) >= 11 is 0. The summed E-state index contributed by atoms with van der Waals surface area (Å²) in [6, 6.07) is 2.41. The molecule has 0 aromatic rings. The molecule has 1 aliphatic heterocycles. The summed E-state index contributed by atoms with van der Waals surface area (Å²) < 4.78 is 0. The van der Waals surface area contributed by atoms with Crippen molar-refractivity contribution < 1.29 is 0 Å². The van der Waals surface area contributed by atoms with E-state index in [1.807, 2.05) is 0 Å². The van der Waals surface area contributed by atoms with E-state index < -0.39 is 0 Å². The maximum absolute atomic E-state index is 3.83. The SMILES string of the molecule is CCC1CC1NC1CCN(C(C)C)CC1. The van der Waals surface area contributed by atoms with Crippen LogP contribution in [0.5, 0.6) is 0 Å². The predicted molar refractivity (Wildman–Crippen MR) is 65.1 cm³/mol. The lowest BCUT2D eigenvalue weighted by molar-refractivity contribution is 0.160. The number of nitrogens with zero attached hydrogens (tertiary/aromatic N) is 1. The fourth-order valence-corrected chi connectivity index (χ4v) is 2.79. The molecule has 0 aromatic carbocycles. The number of piperidine rings is 1. The molecule has 2 fully saturated rings. The Kier molecular flexibility index (Phi) is 3.68. The van der Waals surface area contributed by atoms with Crippen molar-refractivity contribution in [3.05, 3.63) is 0 Å². The Morgan fingerprint density at radius 2 is 1.93 bits per heavy atom. The number of likely N-dealkylation sites (tertiary alicyclic amines) is 1. The summed E-state index contributed by atoms with van der Waals surface area (Å²) in [4.78, 5) is 2.60. The van der Waals surface area contributed by atoms with Crippen LogP contribution in [-0.2, 0) is 0 Å². The van der Waals surface area contributed by atoms with Crippen LogP contribution in [-0.4, -0.2) is 36.1 Å². The molecule has 1 aliphatic carbocycles. The van der Waals surface area contributed by atoms with Crippen LogP contribution in [0.3, 0.4) is 0 Å². The average Bonchev–Trinajstić information content (AvgIpc) is 2.97. The molecule has 1 saturated heterocycles. The largest absolute Gasteiger partial charge is 0.311 e. The first kappa shape index (κ1) is 11.4. The second kappa shape index (κ2) is 4.84. The topological polar surface area (TPSA) is 15.3 Å². The van der Waals surface area contributed by atoms with Crippen molar-refractivity contribution >= 4 is 0 Å². The van der Waals surface area contributed by atoms with Crippen LogP contribution in [0.25, 0.3) is 0 Å². The zero-order valence-electron chi connectivity index (χ0n) is 10.5. The molecule has 0 radical (unpaired) electrons. The fraction of sp³-hybridized carbons (Fsp3) is 1.00. The van der Waals surface area contributed by atoms with E-state index in [9.17, 15) is 0 Å². The molecular weight excluding hydrogens is 184 g/mol. The van der Waals surface area contributed by atoms with Gasteiger partial charge in [0.1, 0.15) is 0 Å². The maximum Gasteiger partial charge on any atom is 0.0102 e. The first-order valence-corrected chi connectivity index (χ1v) is 6.70. The summed E-state index contributed by atoms with van der Waals surface area (Å²) in [6.45, 7) is 9.51. The Morgan fingerprint density at radius 1 is 1.27 bits per heavy atom. The molecule has 0 aromatic heterocycles. The van der Waals surface area contributed by atoms with Gasteiger partial charge in [0, 0.05) is 18.1 Å². The van der Waals surface area contributed by atoms with E-state index >= 15 is 0 Å². The van der Waals surface area contributed by atoms with Crippen LogP contribution in [0.2, 0.25) is 0 Å². The standard InChI is InChI=1S/C13H26N2/c1-4-11-9-13(11)14-12-5-7-15(8-6-12)10(2)3/h10-14H,4-9H2,1-3H3. The van der Waals surface area contributed by atoms with Gasteiger partial charge in [-0.3, -0.25) is 0 Å². The van der Waals surface area contributed by atoms with E-state index in [4.69, 9.17) is 0 Å². The molecule has 15 heavy (non-hydrogen) atoms. The van der Waals surface area contributed by atoms with Gasteiger partial charge in [-0.1, -0.05) is 13.3 Å². The first-order valence-electron chi connectivity index (χ1n) is 6.70. The zero-order valence-corrected chi connectivity index (χ0v) is 10.5. The number of hydrogen-bond acceptors (Lipinski definition) is 2. The van der Waals surface area contributed by atoms with Gasteiger partial charge < -0.3 is 10.2 Å². The van der Waals surface area contributed by atoms with Crippen molar-refractivity contribution in [1.29, 1.82) is 0 Å². The predicted octanol–water partition coefficient (Wildman–Crippen LogP) is 2.25. The van der Waals surface area contributed by atoms with E-state index in [2.05, 4.69) is 31.0 Å². The van der Waals surface area contributed by atoms with Crippen molar-refractivity contribution in [2.45, 2.75) is 64.6 Å². The van der Waals surface area contributed by atoms with Crippen LogP contribution in [0, 0.1) is 5.92 Å². The Morgan fingerprint density at radius 3 is 2.40 bits per heavy atom. The Labute approximate surface area is 94.4 Å². The van der Waals surface area contributed by atoms with E-state index in [0.29, 0.717) is 0 Å². The van der Waals surface area contributed by atoms with E-state index in [-0.39, 0.29) is 0 Å². The van der Waals surface area contributed by atoms with Crippen molar-refractivity contribution in [3.8, 4) is 0 Å². The highest BCUT2D eigenvalue weighted by atomic mass is 15.2. The van der Waals surface area contributed by atoms with Crippen LogP contribution < -0.4 is 5.32 Å². The van der Waals surface area contributed by atoms with Gasteiger partial charge in [0.05, 0.1) is 0 Å². The minimum atomic E-state index is 0.732. The van der Waals surface area contributed by atoms with Gasteiger partial charge in [0.25, 0.3) is 0 Å². The lowest BCUT2D eigenvalue weighted by atomic mass is 10.0. The molecule has 0 spiro atoms. The number of nitrogens with one attached hydrogen (secondary N) is 1. The van der Waals surface area contributed by atoms with Gasteiger partial charge in [-0.05, 0) is 52.1 Å². The lowest BCUT2D eigenvalue weighted by Crippen LogP contribution is -2.45. The second-order valence-corrected chi connectivity index (χ2v) is 5.58. The zero-order chi connectivity index (χ0) is 10.8. The molecule has 2 nitrogen and oxygen atoms in total. The monoisotopic (exact) mass is 210 g/mol. The Bertz CT molecular complexity index is 195. The summed E-state index contributed by atoms with van der Waals surface area (Å²) in [5.74, 6) is 0.994. The second-order valence-electron chi connectivity index (χ2n) is 5.58. The highest BCUT2D eigenvalue weighted by Gasteiger charge is 2.37. The van der Waals surface area contributed by atoms with Crippen molar-refractivity contribution in [2.24, 2.45) is 5.92 Å². The number of hydrogen-bond donors (Lipinski definition) is 1. The molecule has 2 unspecified atom stereocenters. The third kappa shape index (κ3) is 2.94. The lowest BCUT2D eigenvalue weighted by Gasteiger charge is -2.35. The molecule has 2 heteroatoms. The third-order valence-electron chi connectivity index (χ3n) is 4.16. The molecule has 2 atom stereocenters. The molecule has 1 N–H and O–H groups in total. The number of rotatable bonds is 4. The molecular formula is C13H26N2. The highest BCUT2D eigenvalue weighted by Crippen LogP contribution is 2.34. The molecule has 0 bridgehead atoms. The maximum atomic E-state index is 3.83. The highest BCUT2D eigenvalue weighted by molar-refractivity contribution is 4.95. The van der Waals surface area contributed by atoms with Gasteiger partial charge in [-0.15, -0.1) is 0 Å². The van der Waals surface area contributed by atoms with E-state index in [0.717, 1.165) is 24.0 Å². The van der Waals surface area contributed by atoms with Crippen molar-refractivity contribution in [1.82, 2.24) is 10.2 Å². The van der Waals surface area contributed by atoms with Gasteiger partial charge in [0.2, 0.25) is 0 Å². The molecule has 1 heterocycles. The first-order chi connectivity index (χ1) is 7.20. The molecule has 0 amide bonds. The summed E-state index contributed by atoms with van der Waals surface area (Å²) in [5, 5.41) is 3.83. The van der Waals surface area contributed by atoms with Crippen molar-refractivity contribution in [2.75, 3.05) is 13.1 Å². The fourth-order valence-electron chi connectivity index (χ4n) is 2.79. The smallest absolute Gasteiger partial charge is 0.0102 e. The normalized spacial score (nSPS) is 33.6. The molecule has 88 valence electrons. The minimum Gasteiger partial charge on any atom is -0.311 e. The Balaban J connectivity index is 1.66. The van der Waals surface area contributed by atoms with Crippen LogP contribution in [0.1, 0.15) is 46.5 Å². The van der Waals surface area contributed by atoms with Gasteiger partial charge in [-0.2, -0.15) is 0 Å². The third-order valence-corrected chi connectivity index (χ3v) is 4.16. The summed E-state index contributed by atoms with van der Waals surface area (Å²) in [5.41, 5.74) is 0. The Hall–Kier alpha value is -0.0800. The molecule has 1 saturated carbocycles. The molecule has 2 rings (SSSR count). The molecule has 2 aliphatic rings. The van der Waals surface area contributed by atoms with Gasteiger partial charge in [-0.25, -0.2) is 0 Å². The van der Waals surface area contributed by atoms with E-state index in [1.54, 1.807) is 0 Å². The van der Waals surface area contributed by atoms with Crippen molar-refractivity contribution in [3.63, 3.8) is 0 Å². The van der Waals surface area contributed by atoms with Gasteiger partial charge in [0.15, 0.2) is 0 Å². The minimum absolute atomic E-state index is 0.732. The summed E-state index contributed by atoms with van der Waals surface area (Å²) in [7, 11) is 0.